The normalized spacial score (nSPS) is 13.2. The summed E-state index contributed by atoms with van der Waals surface area (Å²) in [5.74, 6) is 1.74. The molecule has 0 bridgehead atoms. The van der Waals surface area contributed by atoms with Gasteiger partial charge in [0.25, 0.3) is 0 Å². The van der Waals surface area contributed by atoms with E-state index in [1.165, 1.54) is 0 Å². The second kappa shape index (κ2) is 6.80. The highest BCUT2D eigenvalue weighted by Crippen LogP contribution is 2.37. The van der Waals surface area contributed by atoms with Gasteiger partial charge < -0.3 is 19.5 Å². The number of anilines is 3. The zero-order valence-electron chi connectivity index (χ0n) is 14.1. The summed E-state index contributed by atoms with van der Waals surface area (Å²) in [7, 11) is 0. The average Bonchev–Trinajstić information content (AvgIpc) is 3.17. The zero-order valence-corrected chi connectivity index (χ0v) is 14.1. The van der Waals surface area contributed by atoms with Crippen LogP contribution in [0, 0.1) is 0 Å². The largest absolute Gasteiger partial charge is 0.490 e. The molecule has 0 aliphatic carbocycles. The number of hydrogen-bond donors (Lipinski definition) is 1. The third kappa shape index (κ3) is 3.13. The minimum atomic E-state index is 0.679. The van der Waals surface area contributed by atoms with Crippen molar-refractivity contribution in [3.8, 4) is 5.75 Å². The fourth-order valence-electron chi connectivity index (χ4n) is 3.07. The van der Waals surface area contributed by atoms with E-state index in [0.29, 0.717) is 6.61 Å². The van der Waals surface area contributed by atoms with E-state index in [0.717, 1.165) is 48.3 Å². The number of nitrogens with zero attached hydrogens (tertiary/aromatic N) is 5. The first-order chi connectivity index (χ1) is 12.3. The molecule has 1 N–H and O–H groups in total. The number of imidazole rings is 1. The van der Waals surface area contributed by atoms with Crippen molar-refractivity contribution >= 4 is 17.2 Å². The lowest BCUT2D eigenvalue weighted by Crippen LogP contribution is -2.32. The molecule has 0 unspecified atom stereocenters. The number of rotatable bonds is 5. The van der Waals surface area contributed by atoms with Crippen LogP contribution < -0.4 is 14.5 Å². The standard InChI is InChI=1S/C18H20N6O/c1-2-24(18-11-19-5-6-21-18)15-3-4-17-16(9-15)23(7-8-25-17)12-14-10-20-13-22-14/h3-6,9-11,13H,2,7-8,12H2,1H3,(H,20,22). The summed E-state index contributed by atoms with van der Waals surface area (Å²) < 4.78 is 5.83. The van der Waals surface area contributed by atoms with Crippen LogP contribution in [0.15, 0.2) is 49.3 Å². The molecular weight excluding hydrogens is 316 g/mol. The van der Waals surface area contributed by atoms with Gasteiger partial charge in [0.05, 0.1) is 37.0 Å². The Labute approximate surface area is 146 Å². The van der Waals surface area contributed by atoms with Gasteiger partial charge in [-0.3, -0.25) is 4.98 Å². The Kier molecular flexibility index (Phi) is 4.20. The van der Waals surface area contributed by atoms with Crippen molar-refractivity contribution < 1.29 is 4.74 Å². The molecule has 0 saturated heterocycles. The number of H-pyrrole nitrogens is 1. The van der Waals surface area contributed by atoms with Crippen molar-refractivity contribution in [1.82, 2.24) is 19.9 Å². The van der Waals surface area contributed by atoms with Gasteiger partial charge in [-0.05, 0) is 25.1 Å². The maximum atomic E-state index is 5.83. The molecule has 3 aromatic rings. The minimum Gasteiger partial charge on any atom is -0.490 e. The van der Waals surface area contributed by atoms with Gasteiger partial charge in [-0.2, -0.15) is 0 Å². The van der Waals surface area contributed by atoms with Gasteiger partial charge in [0.15, 0.2) is 5.82 Å². The fraction of sp³-hybridized carbons (Fsp3) is 0.278. The first-order valence-electron chi connectivity index (χ1n) is 8.38. The molecule has 7 nitrogen and oxygen atoms in total. The number of ether oxygens (including phenoxy) is 1. The van der Waals surface area contributed by atoms with Gasteiger partial charge in [0, 0.05) is 30.8 Å². The molecule has 2 aromatic heterocycles. The smallest absolute Gasteiger partial charge is 0.151 e. The second-order valence-electron chi connectivity index (χ2n) is 5.79. The van der Waals surface area contributed by atoms with E-state index in [1.54, 1.807) is 24.9 Å². The molecule has 0 spiro atoms. The molecule has 0 saturated carbocycles. The lowest BCUT2D eigenvalue weighted by atomic mass is 10.2. The van der Waals surface area contributed by atoms with Crippen LogP contribution in [-0.2, 0) is 6.54 Å². The Bertz CT molecular complexity index is 821. The highest BCUT2D eigenvalue weighted by molar-refractivity contribution is 5.71. The molecule has 1 aliphatic heterocycles. The third-order valence-corrected chi connectivity index (χ3v) is 4.26. The average molecular weight is 336 g/mol. The molecule has 128 valence electrons. The number of benzene rings is 1. The van der Waals surface area contributed by atoms with Gasteiger partial charge in [-0.15, -0.1) is 0 Å². The van der Waals surface area contributed by atoms with Crippen molar-refractivity contribution in [1.29, 1.82) is 0 Å². The number of aromatic amines is 1. The van der Waals surface area contributed by atoms with Gasteiger partial charge in [-0.25, -0.2) is 9.97 Å². The molecule has 25 heavy (non-hydrogen) atoms. The molecule has 1 aliphatic rings. The van der Waals surface area contributed by atoms with Crippen LogP contribution in [0.25, 0.3) is 0 Å². The van der Waals surface area contributed by atoms with Crippen LogP contribution in [0.2, 0.25) is 0 Å². The zero-order chi connectivity index (χ0) is 17.1. The van der Waals surface area contributed by atoms with Crippen LogP contribution in [0.1, 0.15) is 12.6 Å². The minimum absolute atomic E-state index is 0.679. The summed E-state index contributed by atoms with van der Waals surface area (Å²) >= 11 is 0. The molecule has 4 rings (SSSR count). The maximum absolute atomic E-state index is 5.83. The van der Waals surface area contributed by atoms with E-state index in [1.807, 2.05) is 12.3 Å². The van der Waals surface area contributed by atoms with E-state index >= 15 is 0 Å². The van der Waals surface area contributed by atoms with Gasteiger partial charge in [-0.1, -0.05) is 0 Å². The van der Waals surface area contributed by atoms with Crippen molar-refractivity contribution in [2.24, 2.45) is 0 Å². The second-order valence-corrected chi connectivity index (χ2v) is 5.79. The SMILES string of the molecule is CCN(c1ccc2c(c1)N(Cc1c[nH]cn1)CCO2)c1cnccn1. The van der Waals surface area contributed by atoms with Crippen LogP contribution in [-0.4, -0.2) is 39.6 Å². The van der Waals surface area contributed by atoms with Gasteiger partial charge in [0.1, 0.15) is 12.4 Å². The number of fused-ring (bicyclic) bond motifs is 1. The Morgan fingerprint density at radius 1 is 1.28 bits per heavy atom. The molecule has 0 atom stereocenters. The molecule has 1 aromatic carbocycles. The van der Waals surface area contributed by atoms with Crippen molar-refractivity contribution in [3.05, 3.63) is 55.0 Å². The number of hydrogen-bond acceptors (Lipinski definition) is 6. The van der Waals surface area contributed by atoms with E-state index in [9.17, 15) is 0 Å². The monoisotopic (exact) mass is 336 g/mol. The fourth-order valence-corrected chi connectivity index (χ4v) is 3.07. The Morgan fingerprint density at radius 2 is 2.24 bits per heavy atom. The number of nitrogens with one attached hydrogen (secondary N) is 1. The molecular formula is C18H20N6O. The molecule has 0 fully saturated rings. The lowest BCUT2D eigenvalue weighted by molar-refractivity contribution is 0.306. The van der Waals surface area contributed by atoms with Crippen LogP contribution >= 0.6 is 0 Å². The quantitative estimate of drug-likeness (QED) is 0.772. The van der Waals surface area contributed by atoms with Crippen LogP contribution in [0.4, 0.5) is 17.2 Å². The first kappa shape index (κ1) is 15.4. The predicted octanol–water partition coefficient (Wildman–Crippen LogP) is 2.76. The Hall–Kier alpha value is -3.09. The molecule has 7 heteroatoms. The van der Waals surface area contributed by atoms with Crippen molar-refractivity contribution in [2.45, 2.75) is 13.5 Å². The van der Waals surface area contributed by atoms with Crippen LogP contribution in [0.5, 0.6) is 5.75 Å². The molecule has 0 radical (unpaired) electrons. The van der Waals surface area contributed by atoms with Gasteiger partial charge >= 0.3 is 0 Å². The summed E-state index contributed by atoms with van der Waals surface area (Å²) in [4.78, 5) is 20.4. The molecule has 3 heterocycles. The lowest BCUT2D eigenvalue weighted by Gasteiger charge is -2.32. The van der Waals surface area contributed by atoms with Crippen LogP contribution in [0.3, 0.4) is 0 Å². The van der Waals surface area contributed by atoms with Gasteiger partial charge in [0.2, 0.25) is 0 Å². The summed E-state index contributed by atoms with van der Waals surface area (Å²) in [5, 5.41) is 0. The first-order valence-corrected chi connectivity index (χ1v) is 8.38. The topological polar surface area (TPSA) is 70.2 Å². The van der Waals surface area contributed by atoms with Crippen molar-refractivity contribution in [2.75, 3.05) is 29.5 Å². The van der Waals surface area contributed by atoms with E-state index in [4.69, 9.17) is 4.74 Å². The summed E-state index contributed by atoms with van der Waals surface area (Å²) in [6.45, 7) is 5.17. The summed E-state index contributed by atoms with van der Waals surface area (Å²) in [6.07, 6.45) is 8.81. The van der Waals surface area contributed by atoms with Crippen molar-refractivity contribution in [3.63, 3.8) is 0 Å². The number of aromatic nitrogens is 4. The molecule has 0 amide bonds. The predicted molar refractivity (Wildman–Crippen MR) is 96.3 cm³/mol. The van der Waals surface area contributed by atoms with E-state index < -0.39 is 0 Å². The summed E-state index contributed by atoms with van der Waals surface area (Å²) in [6, 6.07) is 6.24. The highest BCUT2D eigenvalue weighted by atomic mass is 16.5. The Morgan fingerprint density at radius 3 is 3.00 bits per heavy atom. The highest BCUT2D eigenvalue weighted by Gasteiger charge is 2.21. The van der Waals surface area contributed by atoms with E-state index in [-0.39, 0.29) is 0 Å². The Balaban J connectivity index is 1.67. The van der Waals surface area contributed by atoms with E-state index in [2.05, 4.69) is 48.8 Å². The summed E-state index contributed by atoms with van der Waals surface area (Å²) in [5.41, 5.74) is 3.16. The third-order valence-electron chi connectivity index (χ3n) is 4.26. The maximum Gasteiger partial charge on any atom is 0.151 e.